The van der Waals surface area contributed by atoms with Crippen LogP contribution in [0.4, 0.5) is 5.82 Å². The Hall–Kier alpha value is -1.07. The number of aromatic nitrogens is 2. The van der Waals surface area contributed by atoms with Gasteiger partial charge in [-0.15, -0.1) is 0 Å². The van der Waals surface area contributed by atoms with Gasteiger partial charge in [-0.2, -0.15) is 5.10 Å². The van der Waals surface area contributed by atoms with Crippen molar-refractivity contribution in [2.24, 2.45) is 0 Å². The molecule has 5 heteroatoms. The van der Waals surface area contributed by atoms with Gasteiger partial charge >= 0.3 is 0 Å². The van der Waals surface area contributed by atoms with Crippen LogP contribution in [0.3, 0.4) is 0 Å². The summed E-state index contributed by atoms with van der Waals surface area (Å²) in [7, 11) is 0. The van der Waals surface area contributed by atoms with E-state index >= 15 is 0 Å². The molecule has 0 aliphatic carbocycles. The predicted octanol–water partition coefficient (Wildman–Crippen LogP) is 0.907. The summed E-state index contributed by atoms with van der Waals surface area (Å²) in [6.45, 7) is 6.66. The van der Waals surface area contributed by atoms with Crippen LogP contribution in [0, 0.1) is 0 Å². The predicted molar refractivity (Wildman–Crippen MR) is 58.5 cm³/mol. The topological polar surface area (TPSA) is 62.3 Å². The quantitative estimate of drug-likeness (QED) is 0.731. The summed E-state index contributed by atoms with van der Waals surface area (Å²) >= 11 is 0. The maximum atomic E-state index is 5.53. The van der Waals surface area contributed by atoms with Crippen molar-refractivity contribution in [1.29, 1.82) is 0 Å². The van der Waals surface area contributed by atoms with Crippen molar-refractivity contribution in [2.45, 2.75) is 26.5 Å². The molecule has 0 amide bonds. The van der Waals surface area contributed by atoms with Gasteiger partial charge in [0.2, 0.25) is 0 Å². The molecule has 1 aromatic rings. The Labute approximate surface area is 90.2 Å². The number of rotatable bonds is 7. The van der Waals surface area contributed by atoms with Gasteiger partial charge < -0.3 is 15.2 Å². The molecule has 1 heterocycles. The van der Waals surface area contributed by atoms with Crippen LogP contribution >= 0.6 is 0 Å². The molecule has 1 aromatic heterocycles. The Kier molecular flexibility index (Phi) is 5.14. The van der Waals surface area contributed by atoms with Crippen LogP contribution in [0.25, 0.3) is 0 Å². The summed E-state index contributed by atoms with van der Waals surface area (Å²) in [5.74, 6) is 0.539. The highest BCUT2D eigenvalue weighted by Crippen LogP contribution is 1.97. The molecule has 1 rings (SSSR count). The largest absolute Gasteiger partial charge is 0.382 e. The van der Waals surface area contributed by atoms with Gasteiger partial charge in [0.1, 0.15) is 5.82 Å². The normalized spacial score (nSPS) is 12.9. The monoisotopic (exact) mass is 213 g/mol. The van der Waals surface area contributed by atoms with Gasteiger partial charge in [-0.25, -0.2) is 0 Å². The third-order valence-electron chi connectivity index (χ3n) is 1.94. The van der Waals surface area contributed by atoms with E-state index in [0.29, 0.717) is 25.6 Å². The number of ether oxygens (including phenoxy) is 2. The van der Waals surface area contributed by atoms with Crippen LogP contribution in [-0.4, -0.2) is 35.7 Å². The Bertz CT molecular complexity index is 275. The highest BCUT2D eigenvalue weighted by atomic mass is 16.5. The minimum atomic E-state index is 0.123. The highest BCUT2D eigenvalue weighted by molar-refractivity contribution is 5.23. The molecule has 86 valence electrons. The first kappa shape index (κ1) is 12.0. The molecule has 0 saturated heterocycles. The maximum Gasteiger partial charge on any atom is 0.145 e. The Morgan fingerprint density at radius 3 is 3.00 bits per heavy atom. The van der Waals surface area contributed by atoms with E-state index in [-0.39, 0.29) is 6.10 Å². The first-order valence-electron chi connectivity index (χ1n) is 5.20. The number of hydrogen-bond donors (Lipinski definition) is 1. The zero-order valence-corrected chi connectivity index (χ0v) is 9.35. The number of nitrogens with two attached hydrogens (primary N) is 1. The standard InChI is InChI=1S/C10H19N3O2/c1-3-14-8-9(2)15-7-6-13-5-4-10(11)12-13/h4-5,9H,3,6-8H2,1-2H3,(H2,11,12). The van der Waals surface area contributed by atoms with Gasteiger partial charge in [0.25, 0.3) is 0 Å². The molecule has 0 spiro atoms. The molecule has 0 radical (unpaired) electrons. The molecule has 0 bridgehead atoms. The van der Waals surface area contributed by atoms with Crippen molar-refractivity contribution in [3.05, 3.63) is 12.3 Å². The van der Waals surface area contributed by atoms with Crippen LogP contribution in [0.2, 0.25) is 0 Å². The number of anilines is 1. The molecule has 0 saturated carbocycles. The summed E-state index contributed by atoms with van der Waals surface area (Å²) in [5, 5.41) is 4.05. The van der Waals surface area contributed by atoms with Crippen molar-refractivity contribution in [1.82, 2.24) is 9.78 Å². The lowest BCUT2D eigenvalue weighted by atomic mass is 10.4. The van der Waals surface area contributed by atoms with E-state index in [0.717, 1.165) is 6.61 Å². The lowest BCUT2D eigenvalue weighted by Gasteiger charge is -2.12. The van der Waals surface area contributed by atoms with Crippen molar-refractivity contribution < 1.29 is 9.47 Å². The minimum Gasteiger partial charge on any atom is -0.382 e. The molecule has 1 unspecified atom stereocenters. The van der Waals surface area contributed by atoms with Crippen molar-refractivity contribution in [3.63, 3.8) is 0 Å². The smallest absolute Gasteiger partial charge is 0.145 e. The fourth-order valence-electron chi connectivity index (χ4n) is 1.18. The van der Waals surface area contributed by atoms with Gasteiger partial charge in [-0.1, -0.05) is 0 Å². The van der Waals surface area contributed by atoms with E-state index in [1.165, 1.54) is 0 Å². The van der Waals surface area contributed by atoms with Gasteiger partial charge in [0, 0.05) is 12.8 Å². The number of nitrogen functional groups attached to an aromatic ring is 1. The van der Waals surface area contributed by atoms with Crippen LogP contribution < -0.4 is 5.73 Å². The van der Waals surface area contributed by atoms with Gasteiger partial charge in [0.05, 0.1) is 25.9 Å². The summed E-state index contributed by atoms with van der Waals surface area (Å²) in [6, 6.07) is 1.77. The van der Waals surface area contributed by atoms with Crippen LogP contribution in [0.15, 0.2) is 12.3 Å². The van der Waals surface area contributed by atoms with E-state index < -0.39 is 0 Å². The fourth-order valence-corrected chi connectivity index (χ4v) is 1.18. The molecule has 5 nitrogen and oxygen atoms in total. The van der Waals surface area contributed by atoms with E-state index in [2.05, 4.69) is 5.10 Å². The van der Waals surface area contributed by atoms with E-state index in [4.69, 9.17) is 15.2 Å². The zero-order chi connectivity index (χ0) is 11.1. The first-order chi connectivity index (χ1) is 7.22. The van der Waals surface area contributed by atoms with Gasteiger partial charge in [-0.05, 0) is 19.9 Å². The van der Waals surface area contributed by atoms with Gasteiger partial charge in [-0.3, -0.25) is 4.68 Å². The molecule has 1 atom stereocenters. The number of nitrogens with zero attached hydrogens (tertiary/aromatic N) is 2. The second-order valence-electron chi connectivity index (χ2n) is 3.34. The number of hydrogen-bond acceptors (Lipinski definition) is 4. The molecule has 15 heavy (non-hydrogen) atoms. The summed E-state index contributed by atoms with van der Waals surface area (Å²) in [6.07, 6.45) is 1.96. The van der Waals surface area contributed by atoms with E-state index in [1.807, 2.05) is 20.0 Å². The van der Waals surface area contributed by atoms with Crippen LogP contribution in [0.5, 0.6) is 0 Å². The maximum absolute atomic E-state index is 5.53. The van der Waals surface area contributed by atoms with Gasteiger partial charge in [0.15, 0.2) is 0 Å². The highest BCUT2D eigenvalue weighted by Gasteiger charge is 2.01. The Balaban J connectivity index is 2.10. The molecule has 0 aliphatic heterocycles. The average molecular weight is 213 g/mol. The third-order valence-corrected chi connectivity index (χ3v) is 1.94. The zero-order valence-electron chi connectivity index (χ0n) is 9.35. The van der Waals surface area contributed by atoms with Crippen molar-refractivity contribution in [2.75, 3.05) is 25.6 Å². The molecule has 0 fully saturated rings. The summed E-state index contributed by atoms with van der Waals surface area (Å²) in [4.78, 5) is 0. The lowest BCUT2D eigenvalue weighted by Crippen LogP contribution is -2.19. The van der Waals surface area contributed by atoms with Crippen LogP contribution in [0.1, 0.15) is 13.8 Å². The Morgan fingerprint density at radius 2 is 2.40 bits per heavy atom. The van der Waals surface area contributed by atoms with Crippen LogP contribution in [-0.2, 0) is 16.0 Å². The third kappa shape index (κ3) is 4.80. The minimum absolute atomic E-state index is 0.123. The second kappa shape index (κ2) is 6.42. The fraction of sp³-hybridized carbons (Fsp3) is 0.700. The van der Waals surface area contributed by atoms with E-state index in [1.54, 1.807) is 10.7 Å². The SMILES string of the molecule is CCOCC(C)OCCn1ccc(N)n1. The molecule has 0 aliphatic rings. The summed E-state index contributed by atoms with van der Waals surface area (Å²) in [5.41, 5.74) is 5.48. The second-order valence-corrected chi connectivity index (χ2v) is 3.34. The Morgan fingerprint density at radius 1 is 1.60 bits per heavy atom. The average Bonchev–Trinajstić information content (AvgIpc) is 2.61. The molecular formula is C10H19N3O2. The molecular weight excluding hydrogens is 194 g/mol. The first-order valence-corrected chi connectivity index (χ1v) is 5.20. The summed E-state index contributed by atoms with van der Waals surface area (Å²) < 4.78 is 12.5. The lowest BCUT2D eigenvalue weighted by molar-refractivity contribution is -0.00675. The van der Waals surface area contributed by atoms with E-state index in [9.17, 15) is 0 Å². The van der Waals surface area contributed by atoms with Crippen molar-refractivity contribution >= 4 is 5.82 Å². The molecule has 0 aromatic carbocycles. The molecule has 2 N–H and O–H groups in total. The van der Waals surface area contributed by atoms with Crippen molar-refractivity contribution in [3.8, 4) is 0 Å².